The SMILES string of the molecule is CC/C=C\C/C=C\C/C=C\C/C=C\C/C=C\C/C=C\CCCCCCC(=O)NC(CO)C(O)/C=C/CC/C=C/CCCCCCCCCCCCCCCCCCCCCCCCCCCC. The van der Waals surface area contributed by atoms with E-state index in [4.69, 9.17) is 0 Å². The molecular formula is C63H111NO3. The minimum absolute atomic E-state index is 0.0996. The third-order valence-corrected chi connectivity index (χ3v) is 12.8. The van der Waals surface area contributed by atoms with E-state index in [1.165, 1.54) is 167 Å². The molecule has 0 fully saturated rings. The molecule has 0 aromatic carbocycles. The van der Waals surface area contributed by atoms with Gasteiger partial charge in [0, 0.05) is 6.42 Å². The van der Waals surface area contributed by atoms with Crippen molar-refractivity contribution in [1.82, 2.24) is 5.32 Å². The number of carbonyl (C=O) groups is 1. The van der Waals surface area contributed by atoms with Crippen LogP contribution in [0.2, 0.25) is 0 Å². The van der Waals surface area contributed by atoms with Gasteiger partial charge in [0.25, 0.3) is 0 Å². The van der Waals surface area contributed by atoms with Crippen LogP contribution in [-0.2, 0) is 4.79 Å². The third-order valence-electron chi connectivity index (χ3n) is 12.8. The molecule has 0 aliphatic heterocycles. The van der Waals surface area contributed by atoms with Gasteiger partial charge in [-0.2, -0.15) is 0 Å². The van der Waals surface area contributed by atoms with Crippen molar-refractivity contribution in [3.8, 4) is 0 Å². The molecule has 0 aliphatic carbocycles. The highest BCUT2D eigenvalue weighted by atomic mass is 16.3. The molecule has 1 amide bonds. The average Bonchev–Trinajstić information content (AvgIpc) is 3.33. The zero-order valence-corrected chi connectivity index (χ0v) is 44.4. The Hall–Kier alpha value is -2.69. The molecule has 0 saturated carbocycles. The van der Waals surface area contributed by atoms with E-state index in [9.17, 15) is 15.0 Å². The van der Waals surface area contributed by atoms with Crippen LogP contribution in [0, 0.1) is 0 Å². The Morgan fingerprint density at radius 2 is 0.672 bits per heavy atom. The van der Waals surface area contributed by atoms with Crippen molar-refractivity contribution in [1.29, 1.82) is 0 Å². The molecule has 0 saturated heterocycles. The Morgan fingerprint density at radius 1 is 0.373 bits per heavy atom. The Balaban J connectivity index is 3.58. The van der Waals surface area contributed by atoms with E-state index in [0.29, 0.717) is 6.42 Å². The summed E-state index contributed by atoms with van der Waals surface area (Å²) in [5, 5.41) is 23.1. The first-order valence-corrected chi connectivity index (χ1v) is 29.0. The van der Waals surface area contributed by atoms with E-state index in [1.807, 2.05) is 6.08 Å². The molecule has 0 aliphatic rings. The van der Waals surface area contributed by atoms with Gasteiger partial charge in [-0.1, -0.05) is 284 Å². The van der Waals surface area contributed by atoms with Crippen molar-refractivity contribution in [2.24, 2.45) is 0 Å². The number of carbonyl (C=O) groups excluding carboxylic acids is 1. The zero-order valence-electron chi connectivity index (χ0n) is 44.4. The third kappa shape index (κ3) is 54.1. The molecule has 4 nitrogen and oxygen atoms in total. The molecule has 4 heteroatoms. The first-order valence-electron chi connectivity index (χ1n) is 29.0. The van der Waals surface area contributed by atoms with Crippen LogP contribution in [0.1, 0.15) is 277 Å². The number of rotatable bonds is 52. The minimum atomic E-state index is -0.882. The lowest BCUT2D eigenvalue weighted by Crippen LogP contribution is -2.45. The van der Waals surface area contributed by atoms with Gasteiger partial charge in [-0.3, -0.25) is 4.79 Å². The second kappa shape index (κ2) is 57.6. The number of aliphatic hydroxyl groups is 2. The molecular weight excluding hydrogens is 819 g/mol. The highest BCUT2D eigenvalue weighted by molar-refractivity contribution is 5.76. The fourth-order valence-electron chi connectivity index (χ4n) is 8.43. The number of allylic oxidation sites excluding steroid dienone is 15. The van der Waals surface area contributed by atoms with Gasteiger partial charge in [-0.25, -0.2) is 0 Å². The summed E-state index contributed by atoms with van der Waals surface area (Å²) in [5.74, 6) is -0.0996. The first kappa shape index (κ1) is 64.3. The quantitative estimate of drug-likeness (QED) is 0.0420. The molecule has 0 aromatic heterocycles. The fraction of sp³-hybridized carbons (Fsp3) is 0.730. The van der Waals surface area contributed by atoms with Crippen molar-refractivity contribution in [3.63, 3.8) is 0 Å². The normalized spacial score (nSPS) is 13.6. The summed E-state index contributed by atoms with van der Waals surface area (Å²) >= 11 is 0. The van der Waals surface area contributed by atoms with E-state index >= 15 is 0 Å². The average molecular weight is 931 g/mol. The van der Waals surface area contributed by atoms with Crippen LogP contribution in [0.15, 0.2) is 97.2 Å². The minimum Gasteiger partial charge on any atom is -0.394 e. The second-order valence-electron chi connectivity index (χ2n) is 19.3. The van der Waals surface area contributed by atoms with Gasteiger partial charge >= 0.3 is 0 Å². The highest BCUT2D eigenvalue weighted by Crippen LogP contribution is 2.17. The van der Waals surface area contributed by atoms with E-state index in [1.54, 1.807) is 6.08 Å². The number of nitrogens with one attached hydrogen (secondary N) is 1. The summed E-state index contributed by atoms with van der Waals surface area (Å²) in [5.41, 5.74) is 0. The molecule has 386 valence electrons. The molecule has 2 atom stereocenters. The van der Waals surface area contributed by atoms with E-state index < -0.39 is 12.1 Å². The molecule has 2 unspecified atom stereocenters. The zero-order chi connectivity index (χ0) is 48.5. The fourth-order valence-corrected chi connectivity index (χ4v) is 8.43. The van der Waals surface area contributed by atoms with Crippen LogP contribution in [0.3, 0.4) is 0 Å². The summed E-state index contributed by atoms with van der Waals surface area (Å²) in [6, 6.07) is -0.661. The molecule has 0 spiro atoms. The van der Waals surface area contributed by atoms with Crippen LogP contribution < -0.4 is 5.32 Å². The Bertz CT molecular complexity index is 1240. The summed E-state index contributed by atoms with van der Waals surface area (Å²) in [7, 11) is 0. The van der Waals surface area contributed by atoms with Crippen molar-refractivity contribution >= 4 is 5.91 Å². The molecule has 0 heterocycles. The summed E-state index contributed by atoms with van der Waals surface area (Å²) in [6.07, 6.45) is 85.8. The first-order chi connectivity index (χ1) is 33.2. The number of amides is 1. The van der Waals surface area contributed by atoms with E-state index in [2.05, 4.69) is 104 Å². The van der Waals surface area contributed by atoms with Crippen LogP contribution in [0.5, 0.6) is 0 Å². The van der Waals surface area contributed by atoms with Crippen LogP contribution in [-0.4, -0.2) is 34.9 Å². The second-order valence-corrected chi connectivity index (χ2v) is 19.3. The monoisotopic (exact) mass is 930 g/mol. The van der Waals surface area contributed by atoms with Crippen molar-refractivity contribution < 1.29 is 15.0 Å². The van der Waals surface area contributed by atoms with Crippen molar-refractivity contribution in [2.75, 3.05) is 6.61 Å². The molecule has 67 heavy (non-hydrogen) atoms. The lowest BCUT2D eigenvalue weighted by molar-refractivity contribution is -0.123. The number of hydrogen-bond donors (Lipinski definition) is 3. The maximum absolute atomic E-state index is 12.5. The summed E-state index contributed by atoms with van der Waals surface area (Å²) in [6.45, 7) is 4.19. The maximum Gasteiger partial charge on any atom is 0.220 e. The van der Waals surface area contributed by atoms with Gasteiger partial charge in [0.1, 0.15) is 0 Å². The lowest BCUT2D eigenvalue weighted by atomic mass is 10.0. The predicted octanol–water partition coefficient (Wildman–Crippen LogP) is 19.3. The van der Waals surface area contributed by atoms with Gasteiger partial charge in [-0.05, 0) is 83.5 Å². The van der Waals surface area contributed by atoms with Gasteiger partial charge in [0.2, 0.25) is 5.91 Å². The Kier molecular flexibility index (Phi) is 55.3. The number of unbranched alkanes of at least 4 members (excludes halogenated alkanes) is 31. The summed E-state index contributed by atoms with van der Waals surface area (Å²) < 4.78 is 0. The van der Waals surface area contributed by atoms with Gasteiger partial charge < -0.3 is 15.5 Å². The molecule has 0 rings (SSSR count). The van der Waals surface area contributed by atoms with Gasteiger partial charge in [0.05, 0.1) is 18.8 Å². The van der Waals surface area contributed by atoms with E-state index in [0.717, 1.165) is 89.9 Å². The Labute approximate surface area is 417 Å². The molecule has 0 aromatic rings. The van der Waals surface area contributed by atoms with Gasteiger partial charge in [-0.15, -0.1) is 0 Å². The van der Waals surface area contributed by atoms with Crippen molar-refractivity contribution in [2.45, 2.75) is 289 Å². The highest BCUT2D eigenvalue weighted by Gasteiger charge is 2.17. The Morgan fingerprint density at radius 3 is 1.04 bits per heavy atom. The van der Waals surface area contributed by atoms with Crippen molar-refractivity contribution in [3.05, 3.63) is 97.2 Å². The summed E-state index contributed by atoms with van der Waals surface area (Å²) in [4.78, 5) is 12.5. The largest absolute Gasteiger partial charge is 0.394 e. The van der Waals surface area contributed by atoms with E-state index in [-0.39, 0.29) is 12.5 Å². The smallest absolute Gasteiger partial charge is 0.220 e. The molecule has 0 radical (unpaired) electrons. The van der Waals surface area contributed by atoms with Crippen LogP contribution in [0.25, 0.3) is 0 Å². The lowest BCUT2D eigenvalue weighted by Gasteiger charge is -2.19. The van der Waals surface area contributed by atoms with Crippen LogP contribution in [0.4, 0.5) is 0 Å². The molecule has 3 N–H and O–H groups in total. The maximum atomic E-state index is 12.5. The number of hydrogen-bond acceptors (Lipinski definition) is 3. The topological polar surface area (TPSA) is 69.6 Å². The van der Waals surface area contributed by atoms with Crippen LogP contribution >= 0.6 is 0 Å². The molecule has 0 bridgehead atoms. The number of aliphatic hydroxyl groups excluding tert-OH is 2. The predicted molar refractivity (Wildman–Crippen MR) is 299 cm³/mol. The standard InChI is InChI=1S/C63H111NO3/c1-3-5-7-9-11-13-15-17-19-21-23-25-27-28-29-30-31-32-33-34-35-37-38-40-42-44-46-48-50-52-54-56-58-62(66)61(60-65)64-63(67)59-57-55-53-51-49-47-45-43-41-39-36-26-24-22-20-18-16-14-12-10-8-6-4-2/h6,8,12,14,18,20,24,26,39,41,45,47-48,50,56,58,61-62,65-66H,3-5,7,9-11,13,15-17,19,21-23,25,27-38,40,42-44,46,49,51-55,57,59-60H2,1-2H3,(H,64,67)/b8-6-,14-12-,20-18-,26-24-,41-39-,47-45-,50-48+,58-56+. The van der Waals surface area contributed by atoms with Gasteiger partial charge in [0.15, 0.2) is 0 Å².